The second-order valence-electron chi connectivity index (χ2n) is 6.74. The van der Waals surface area contributed by atoms with Gasteiger partial charge in [-0.3, -0.25) is 13.8 Å². The van der Waals surface area contributed by atoms with Gasteiger partial charge in [0.15, 0.2) is 6.61 Å². The van der Waals surface area contributed by atoms with Crippen molar-refractivity contribution in [3.05, 3.63) is 72.6 Å². The number of carbonyl (C=O) groups is 1. The molecule has 0 unspecified atom stereocenters. The molecule has 0 saturated heterocycles. The molecule has 0 aliphatic rings. The third-order valence-electron chi connectivity index (χ3n) is 4.42. The lowest BCUT2D eigenvalue weighted by molar-refractivity contribution is -0.120. The molecule has 3 rings (SSSR count). The number of amides is 1. The summed E-state index contributed by atoms with van der Waals surface area (Å²) in [4.78, 5) is 17.3. The van der Waals surface area contributed by atoms with Gasteiger partial charge in [0, 0.05) is 31.5 Å². The second-order valence-corrected chi connectivity index (χ2v) is 8.71. The molecule has 1 N–H and O–H groups in total. The number of aryl methyl sites for hydroxylation is 1. The zero-order chi connectivity index (χ0) is 22.4. The zero-order valence-electron chi connectivity index (χ0n) is 17.4. The molecule has 9 nitrogen and oxygen atoms in total. The number of oxime groups is 1. The van der Waals surface area contributed by atoms with Crippen LogP contribution in [0.5, 0.6) is 0 Å². The first-order chi connectivity index (χ1) is 14.8. The Kier molecular flexibility index (Phi) is 6.71. The molecule has 0 saturated carbocycles. The molecule has 2 aromatic carbocycles. The van der Waals surface area contributed by atoms with Crippen LogP contribution in [0.1, 0.15) is 12.5 Å². The van der Waals surface area contributed by atoms with Crippen molar-refractivity contribution in [3.8, 4) is 0 Å². The lowest BCUT2D eigenvalue weighted by Gasteiger charge is -2.19. The number of nitrogens with one attached hydrogen (secondary N) is 1. The van der Waals surface area contributed by atoms with E-state index in [0.717, 1.165) is 5.56 Å². The topological polar surface area (TPSA) is 106 Å². The van der Waals surface area contributed by atoms with Gasteiger partial charge in [-0.15, -0.1) is 0 Å². The first-order valence-corrected chi connectivity index (χ1v) is 10.8. The van der Waals surface area contributed by atoms with Gasteiger partial charge in [0.05, 0.1) is 22.5 Å². The summed E-state index contributed by atoms with van der Waals surface area (Å²) in [5.74, 6) is -0.464. The van der Waals surface area contributed by atoms with Gasteiger partial charge in [-0.25, -0.2) is 8.42 Å². The minimum absolute atomic E-state index is 0.0583. The predicted molar refractivity (Wildman–Crippen MR) is 118 cm³/mol. The summed E-state index contributed by atoms with van der Waals surface area (Å²) >= 11 is 0. The minimum atomic E-state index is -3.79. The molecule has 1 aromatic heterocycles. The fourth-order valence-corrected chi connectivity index (χ4v) is 3.96. The maximum Gasteiger partial charge on any atom is 0.265 e. The first kappa shape index (κ1) is 22.0. The summed E-state index contributed by atoms with van der Waals surface area (Å²) in [6.45, 7) is 1.42. The Morgan fingerprint density at radius 2 is 1.94 bits per heavy atom. The van der Waals surface area contributed by atoms with Gasteiger partial charge in [-0.2, -0.15) is 5.10 Å². The molecule has 10 heteroatoms. The molecule has 0 aliphatic carbocycles. The predicted octanol–water partition coefficient (Wildman–Crippen LogP) is 2.62. The fraction of sp³-hybridized carbons (Fsp3) is 0.190. The SMILES string of the molecule is C/C(=N/OCC(=O)Nc1cccc(S(=O)(=O)N(C)c2ccccc2)c1)c1cnn(C)c1. The van der Waals surface area contributed by atoms with Crippen LogP contribution in [0.2, 0.25) is 0 Å². The van der Waals surface area contributed by atoms with Gasteiger partial charge in [0.2, 0.25) is 0 Å². The smallest absolute Gasteiger partial charge is 0.265 e. The van der Waals surface area contributed by atoms with Crippen molar-refractivity contribution in [1.82, 2.24) is 9.78 Å². The summed E-state index contributed by atoms with van der Waals surface area (Å²) in [5.41, 5.74) is 2.23. The third-order valence-corrected chi connectivity index (χ3v) is 6.20. The van der Waals surface area contributed by atoms with Crippen LogP contribution in [0, 0.1) is 0 Å². The molecule has 1 heterocycles. The number of aromatic nitrogens is 2. The van der Waals surface area contributed by atoms with Gasteiger partial charge >= 0.3 is 0 Å². The monoisotopic (exact) mass is 441 g/mol. The van der Waals surface area contributed by atoms with Crippen LogP contribution in [0.15, 0.2) is 77.0 Å². The fourth-order valence-electron chi connectivity index (χ4n) is 2.71. The molecule has 0 spiro atoms. The second kappa shape index (κ2) is 9.43. The van der Waals surface area contributed by atoms with Crippen molar-refractivity contribution in [3.63, 3.8) is 0 Å². The molecular formula is C21H23N5O4S. The Morgan fingerprint density at radius 1 is 1.19 bits per heavy atom. The molecular weight excluding hydrogens is 418 g/mol. The molecule has 0 aliphatic heterocycles. The van der Waals surface area contributed by atoms with E-state index in [0.29, 0.717) is 17.1 Å². The number of nitrogens with zero attached hydrogens (tertiary/aromatic N) is 4. The van der Waals surface area contributed by atoms with Crippen LogP contribution in [-0.4, -0.2) is 43.5 Å². The maximum atomic E-state index is 12.9. The van der Waals surface area contributed by atoms with Crippen molar-refractivity contribution in [2.75, 3.05) is 23.3 Å². The highest BCUT2D eigenvalue weighted by Gasteiger charge is 2.21. The Balaban J connectivity index is 1.64. The lowest BCUT2D eigenvalue weighted by atomic mass is 10.2. The quantitative estimate of drug-likeness (QED) is 0.427. The normalized spacial score (nSPS) is 11.8. The van der Waals surface area contributed by atoms with Crippen molar-refractivity contribution in [2.24, 2.45) is 12.2 Å². The van der Waals surface area contributed by atoms with Crippen molar-refractivity contribution < 1.29 is 18.0 Å². The van der Waals surface area contributed by atoms with Crippen LogP contribution >= 0.6 is 0 Å². The molecule has 1 amide bonds. The summed E-state index contributed by atoms with van der Waals surface area (Å²) in [5, 5.41) is 10.6. The summed E-state index contributed by atoms with van der Waals surface area (Å²) in [6, 6.07) is 14.8. The van der Waals surface area contributed by atoms with Crippen molar-refractivity contribution in [1.29, 1.82) is 0 Å². The van der Waals surface area contributed by atoms with Gasteiger partial charge in [-0.1, -0.05) is 29.4 Å². The van der Waals surface area contributed by atoms with E-state index in [1.54, 1.807) is 67.4 Å². The van der Waals surface area contributed by atoms with E-state index in [1.165, 1.54) is 23.5 Å². The standard InChI is InChI=1S/C21H23N5O4S/c1-16(17-13-22-25(2)14-17)24-30-15-21(27)23-18-8-7-11-20(12-18)31(28,29)26(3)19-9-5-4-6-10-19/h4-14H,15H2,1-3H3,(H,23,27)/b24-16-. The van der Waals surface area contributed by atoms with Crippen LogP contribution in [0.25, 0.3) is 0 Å². The highest BCUT2D eigenvalue weighted by molar-refractivity contribution is 7.92. The van der Waals surface area contributed by atoms with Crippen LogP contribution in [-0.2, 0) is 26.7 Å². The molecule has 3 aromatic rings. The number of sulfonamides is 1. The van der Waals surface area contributed by atoms with E-state index in [2.05, 4.69) is 15.6 Å². The van der Waals surface area contributed by atoms with Crippen molar-refractivity contribution in [2.45, 2.75) is 11.8 Å². The van der Waals surface area contributed by atoms with Crippen molar-refractivity contribution >= 4 is 33.0 Å². The highest BCUT2D eigenvalue weighted by atomic mass is 32.2. The molecule has 31 heavy (non-hydrogen) atoms. The van der Waals surface area contributed by atoms with Gasteiger partial charge in [0.25, 0.3) is 15.9 Å². The average Bonchev–Trinajstić information content (AvgIpc) is 3.20. The average molecular weight is 442 g/mol. The number of rotatable bonds is 8. The zero-order valence-corrected chi connectivity index (χ0v) is 18.2. The van der Waals surface area contributed by atoms with E-state index in [9.17, 15) is 13.2 Å². The first-order valence-electron chi connectivity index (χ1n) is 9.37. The van der Waals surface area contributed by atoms with E-state index >= 15 is 0 Å². The number of para-hydroxylation sites is 1. The summed E-state index contributed by atoms with van der Waals surface area (Å²) in [6.07, 6.45) is 3.42. The minimum Gasteiger partial charge on any atom is -0.385 e. The summed E-state index contributed by atoms with van der Waals surface area (Å²) < 4.78 is 28.7. The Bertz CT molecular complexity index is 1190. The number of hydrogen-bond donors (Lipinski definition) is 1. The number of carbonyl (C=O) groups excluding carboxylic acids is 1. The molecule has 0 fully saturated rings. The molecule has 162 valence electrons. The van der Waals surface area contributed by atoms with Gasteiger partial charge in [0.1, 0.15) is 0 Å². The van der Waals surface area contributed by atoms with Crippen LogP contribution in [0.4, 0.5) is 11.4 Å². The van der Waals surface area contributed by atoms with Crippen LogP contribution < -0.4 is 9.62 Å². The molecule has 0 bridgehead atoms. The largest absolute Gasteiger partial charge is 0.385 e. The number of hydrogen-bond acceptors (Lipinski definition) is 6. The van der Waals surface area contributed by atoms with E-state index in [4.69, 9.17) is 4.84 Å². The van der Waals surface area contributed by atoms with E-state index < -0.39 is 15.9 Å². The van der Waals surface area contributed by atoms with Gasteiger partial charge < -0.3 is 10.2 Å². The lowest BCUT2D eigenvalue weighted by Crippen LogP contribution is -2.26. The maximum absolute atomic E-state index is 12.9. The summed E-state index contributed by atoms with van der Waals surface area (Å²) in [7, 11) is -0.519. The number of benzene rings is 2. The Morgan fingerprint density at radius 3 is 2.61 bits per heavy atom. The van der Waals surface area contributed by atoms with Crippen LogP contribution in [0.3, 0.4) is 0 Å². The molecule has 0 atom stereocenters. The highest BCUT2D eigenvalue weighted by Crippen LogP contribution is 2.23. The Labute approximate surface area is 181 Å². The van der Waals surface area contributed by atoms with E-state index in [1.807, 2.05) is 6.07 Å². The molecule has 0 radical (unpaired) electrons. The number of anilines is 2. The Hall–Kier alpha value is -3.66. The van der Waals surface area contributed by atoms with E-state index in [-0.39, 0.29) is 11.5 Å². The third kappa shape index (κ3) is 5.48. The van der Waals surface area contributed by atoms with Gasteiger partial charge in [-0.05, 0) is 37.3 Å².